The van der Waals surface area contributed by atoms with Crippen LogP contribution >= 0.6 is 0 Å². The molecular formula is C21H23N5O4S. The lowest BCUT2D eigenvalue weighted by Gasteiger charge is -2.33. The third kappa shape index (κ3) is 3.67. The molecule has 1 amide bonds. The lowest BCUT2D eigenvalue weighted by atomic mass is 10.2. The van der Waals surface area contributed by atoms with E-state index in [0.29, 0.717) is 44.2 Å². The predicted octanol–water partition coefficient (Wildman–Crippen LogP) is 1.41. The van der Waals surface area contributed by atoms with E-state index >= 15 is 0 Å². The fourth-order valence-corrected chi connectivity index (χ4v) is 5.49. The van der Waals surface area contributed by atoms with Crippen LogP contribution in [0.3, 0.4) is 0 Å². The number of sulfonamides is 1. The number of hydrogen-bond acceptors (Lipinski definition) is 6. The molecule has 2 aliphatic rings. The summed E-state index contributed by atoms with van der Waals surface area (Å²) in [6, 6.07) is 12.6. The van der Waals surface area contributed by atoms with Gasteiger partial charge in [-0.1, -0.05) is 12.1 Å². The van der Waals surface area contributed by atoms with Crippen molar-refractivity contribution in [3.05, 3.63) is 48.3 Å². The number of hydrogen-bond donors (Lipinski definition) is 1. The van der Waals surface area contributed by atoms with E-state index in [-0.39, 0.29) is 17.4 Å². The standard InChI is InChI=1S/C21H23N5O4S/c1-24-18-5-3-2-4-16(18)22-20(24)13-25-8-10-26(11-9-25)31(28,29)15-6-7-19-17(12-15)23-21(27)14-30-19/h2-7,12H,8-11,13-14H2,1H3,(H,23,27). The number of para-hydroxylation sites is 2. The third-order valence-corrected chi connectivity index (χ3v) is 7.69. The number of fused-ring (bicyclic) bond motifs is 2. The second-order valence-electron chi connectivity index (χ2n) is 7.75. The molecule has 9 nitrogen and oxygen atoms in total. The Morgan fingerprint density at radius 1 is 1.10 bits per heavy atom. The summed E-state index contributed by atoms with van der Waals surface area (Å²) in [5.41, 5.74) is 2.43. The van der Waals surface area contributed by atoms with E-state index in [2.05, 4.69) is 14.8 Å². The third-order valence-electron chi connectivity index (χ3n) is 5.80. The zero-order valence-electron chi connectivity index (χ0n) is 17.1. The first-order chi connectivity index (χ1) is 14.9. The largest absolute Gasteiger partial charge is 0.482 e. The maximum absolute atomic E-state index is 13.1. The maximum atomic E-state index is 13.1. The number of carbonyl (C=O) groups excluding carboxylic acids is 1. The number of carbonyl (C=O) groups is 1. The van der Waals surface area contributed by atoms with Crippen LogP contribution in [0.1, 0.15) is 5.82 Å². The highest BCUT2D eigenvalue weighted by molar-refractivity contribution is 7.89. The first kappa shape index (κ1) is 20.0. The quantitative estimate of drug-likeness (QED) is 0.658. The number of aryl methyl sites for hydroxylation is 1. The number of amides is 1. The lowest BCUT2D eigenvalue weighted by molar-refractivity contribution is -0.118. The molecule has 0 aliphatic carbocycles. The number of nitrogens with one attached hydrogen (secondary N) is 1. The Balaban J connectivity index is 1.28. The van der Waals surface area contributed by atoms with Crippen molar-refractivity contribution in [1.82, 2.24) is 18.8 Å². The SMILES string of the molecule is Cn1c(CN2CCN(S(=O)(=O)c3ccc4c(c3)NC(=O)CO4)CC2)nc2ccccc21. The molecule has 5 rings (SSSR count). The summed E-state index contributed by atoms with van der Waals surface area (Å²) < 4.78 is 35.1. The number of piperazine rings is 1. The average Bonchev–Trinajstić information content (AvgIpc) is 3.09. The zero-order valence-corrected chi connectivity index (χ0v) is 17.9. The normalized spacial score (nSPS) is 17.9. The van der Waals surface area contributed by atoms with Crippen LogP contribution in [0.2, 0.25) is 0 Å². The van der Waals surface area contributed by atoms with Crippen LogP contribution in [0.5, 0.6) is 5.75 Å². The molecule has 3 heterocycles. The van der Waals surface area contributed by atoms with Crippen LogP contribution in [-0.4, -0.2) is 65.9 Å². The van der Waals surface area contributed by atoms with Crippen LogP contribution in [0, 0.1) is 0 Å². The molecule has 1 saturated heterocycles. The minimum atomic E-state index is -3.66. The van der Waals surface area contributed by atoms with Gasteiger partial charge in [0, 0.05) is 33.2 Å². The van der Waals surface area contributed by atoms with Crippen LogP contribution in [0.4, 0.5) is 5.69 Å². The summed E-state index contributed by atoms with van der Waals surface area (Å²) in [4.78, 5) is 18.6. The van der Waals surface area contributed by atoms with Gasteiger partial charge in [0.15, 0.2) is 6.61 Å². The number of benzene rings is 2. The molecule has 0 atom stereocenters. The summed E-state index contributed by atoms with van der Waals surface area (Å²) in [7, 11) is -1.66. The van der Waals surface area contributed by atoms with Gasteiger partial charge in [-0.2, -0.15) is 4.31 Å². The Morgan fingerprint density at radius 3 is 2.65 bits per heavy atom. The minimum absolute atomic E-state index is 0.0629. The van der Waals surface area contributed by atoms with Gasteiger partial charge >= 0.3 is 0 Å². The summed E-state index contributed by atoms with van der Waals surface area (Å²) in [5, 5.41) is 2.66. The Morgan fingerprint density at radius 2 is 1.87 bits per heavy atom. The van der Waals surface area contributed by atoms with Crippen molar-refractivity contribution in [2.75, 3.05) is 38.1 Å². The van der Waals surface area contributed by atoms with Gasteiger partial charge in [-0.05, 0) is 30.3 Å². The first-order valence-corrected chi connectivity index (χ1v) is 11.6. The Labute approximate surface area is 180 Å². The van der Waals surface area contributed by atoms with E-state index in [0.717, 1.165) is 16.9 Å². The van der Waals surface area contributed by atoms with Gasteiger partial charge in [-0.15, -0.1) is 0 Å². The lowest BCUT2D eigenvalue weighted by Crippen LogP contribution is -2.48. The summed E-state index contributed by atoms with van der Waals surface area (Å²) in [5.74, 6) is 1.14. The molecule has 0 spiro atoms. The highest BCUT2D eigenvalue weighted by Gasteiger charge is 2.30. The highest BCUT2D eigenvalue weighted by Crippen LogP contribution is 2.31. The van der Waals surface area contributed by atoms with E-state index in [1.54, 1.807) is 6.07 Å². The summed E-state index contributed by atoms with van der Waals surface area (Å²) >= 11 is 0. The zero-order chi connectivity index (χ0) is 21.6. The molecule has 0 radical (unpaired) electrons. The van der Waals surface area contributed by atoms with Crippen molar-refractivity contribution in [2.24, 2.45) is 7.05 Å². The molecule has 3 aromatic rings. The number of rotatable bonds is 4. The van der Waals surface area contributed by atoms with Gasteiger partial charge in [0.2, 0.25) is 10.0 Å². The molecule has 0 bridgehead atoms. The Bertz CT molecular complexity index is 1260. The fourth-order valence-electron chi connectivity index (χ4n) is 4.04. The highest BCUT2D eigenvalue weighted by atomic mass is 32.2. The molecule has 2 aromatic carbocycles. The van der Waals surface area contributed by atoms with Gasteiger partial charge < -0.3 is 14.6 Å². The molecule has 162 valence electrons. The monoisotopic (exact) mass is 441 g/mol. The van der Waals surface area contributed by atoms with Gasteiger partial charge in [-0.25, -0.2) is 13.4 Å². The van der Waals surface area contributed by atoms with E-state index in [1.165, 1.54) is 16.4 Å². The van der Waals surface area contributed by atoms with Crippen molar-refractivity contribution in [3.63, 3.8) is 0 Å². The van der Waals surface area contributed by atoms with Crippen molar-refractivity contribution in [3.8, 4) is 5.75 Å². The van der Waals surface area contributed by atoms with Gasteiger partial charge in [0.05, 0.1) is 28.2 Å². The number of ether oxygens (including phenoxy) is 1. The van der Waals surface area contributed by atoms with Crippen molar-refractivity contribution in [2.45, 2.75) is 11.4 Å². The van der Waals surface area contributed by atoms with Crippen LogP contribution in [-0.2, 0) is 28.4 Å². The number of imidazole rings is 1. The van der Waals surface area contributed by atoms with Gasteiger partial charge in [0.25, 0.3) is 5.91 Å². The molecule has 1 aromatic heterocycles. The molecule has 0 unspecified atom stereocenters. The number of nitrogens with zero attached hydrogens (tertiary/aromatic N) is 4. The van der Waals surface area contributed by atoms with Crippen LogP contribution in [0.15, 0.2) is 47.4 Å². The first-order valence-electron chi connectivity index (χ1n) is 10.1. The molecule has 2 aliphatic heterocycles. The van der Waals surface area contributed by atoms with Crippen molar-refractivity contribution >= 4 is 32.7 Å². The average molecular weight is 442 g/mol. The summed E-state index contributed by atoms with van der Waals surface area (Å²) in [6.07, 6.45) is 0. The van der Waals surface area contributed by atoms with Crippen molar-refractivity contribution < 1.29 is 17.9 Å². The molecule has 31 heavy (non-hydrogen) atoms. The van der Waals surface area contributed by atoms with Gasteiger partial charge in [-0.3, -0.25) is 9.69 Å². The van der Waals surface area contributed by atoms with Crippen LogP contribution < -0.4 is 10.1 Å². The fraction of sp³-hybridized carbons (Fsp3) is 0.333. The maximum Gasteiger partial charge on any atom is 0.262 e. The molecule has 10 heteroatoms. The van der Waals surface area contributed by atoms with E-state index in [9.17, 15) is 13.2 Å². The topological polar surface area (TPSA) is 96.8 Å². The van der Waals surface area contributed by atoms with E-state index < -0.39 is 10.0 Å². The van der Waals surface area contributed by atoms with Crippen LogP contribution in [0.25, 0.3) is 11.0 Å². The van der Waals surface area contributed by atoms with Gasteiger partial charge in [0.1, 0.15) is 11.6 Å². The summed E-state index contributed by atoms with van der Waals surface area (Å²) in [6.45, 7) is 2.63. The van der Waals surface area contributed by atoms with E-state index in [1.807, 2.05) is 31.3 Å². The predicted molar refractivity (Wildman–Crippen MR) is 115 cm³/mol. The minimum Gasteiger partial charge on any atom is -0.482 e. The Kier molecular flexibility index (Phi) is 4.92. The smallest absolute Gasteiger partial charge is 0.262 e. The number of anilines is 1. The molecule has 1 N–H and O–H groups in total. The molecular weight excluding hydrogens is 418 g/mol. The molecule has 0 saturated carbocycles. The van der Waals surface area contributed by atoms with Crippen molar-refractivity contribution in [1.29, 1.82) is 0 Å². The molecule has 1 fully saturated rings. The number of aromatic nitrogens is 2. The van der Waals surface area contributed by atoms with E-state index in [4.69, 9.17) is 9.72 Å². The second kappa shape index (κ2) is 7.63. The second-order valence-corrected chi connectivity index (χ2v) is 9.69. The Hall–Kier alpha value is -2.95.